The van der Waals surface area contributed by atoms with Crippen molar-refractivity contribution in [1.29, 1.82) is 0 Å². The van der Waals surface area contributed by atoms with Crippen LogP contribution in [-0.4, -0.2) is 12.4 Å². The summed E-state index contributed by atoms with van der Waals surface area (Å²) in [6.45, 7) is 1.81. The van der Waals surface area contributed by atoms with Gasteiger partial charge in [0.15, 0.2) is 6.21 Å². The third-order valence-corrected chi connectivity index (χ3v) is 1.40. The summed E-state index contributed by atoms with van der Waals surface area (Å²) < 4.78 is 12.8. The molecule has 0 aromatic heterocycles. The molecule has 0 saturated heterocycles. The predicted octanol–water partition coefficient (Wildman–Crippen LogP) is 0.362. The van der Waals surface area contributed by atoms with Crippen LogP contribution in [-0.2, 0) is 0 Å². The second kappa shape index (κ2) is 4.35. The summed E-state index contributed by atoms with van der Waals surface area (Å²) in [5.41, 5.74) is 4.09. The molecule has 0 fully saturated rings. The number of benzene rings is 1. The van der Waals surface area contributed by atoms with E-state index in [-0.39, 0.29) is 5.82 Å². The second-order valence-electron chi connectivity index (χ2n) is 2.60. The van der Waals surface area contributed by atoms with Crippen molar-refractivity contribution in [3.05, 3.63) is 29.6 Å². The van der Waals surface area contributed by atoms with Crippen molar-refractivity contribution < 1.29 is 9.80 Å². The minimum atomic E-state index is -0.283. The van der Waals surface area contributed by atoms with Gasteiger partial charge in [-0.3, -0.25) is 10.8 Å². The van der Waals surface area contributed by atoms with Crippen LogP contribution in [0.5, 0.6) is 0 Å². The number of rotatable bonds is 3. The molecule has 1 rings (SSSR count). The van der Waals surface area contributed by atoms with Gasteiger partial charge >= 0.3 is 0 Å². The number of hydrogen-bond acceptors (Lipinski definition) is 2. The van der Waals surface area contributed by atoms with Crippen LogP contribution in [0.25, 0.3) is 0 Å². The molecule has 0 atom stereocenters. The van der Waals surface area contributed by atoms with Gasteiger partial charge in [-0.2, -0.15) is 5.10 Å². The molecule has 68 valence electrons. The SMILES string of the molecule is Cc1cc(F)cc(N/N=C\C=[NH2+])c1. The molecule has 13 heavy (non-hydrogen) atoms. The first-order chi connectivity index (χ1) is 6.22. The Labute approximate surface area is 75.8 Å². The largest absolute Gasteiger partial charge is 0.278 e. The van der Waals surface area contributed by atoms with Crippen molar-refractivity contribution in [3.8, 4) is 0 Å². The van der Waals surface area contributed by atoms with E-state index in [0.29, 0.717) is 5.69 Å². The van der Waals surface area contributed by atoms with Gasteiger partial charge < -0.3 is 0 Å². The average Bonchev–Trinajstić information content (AvgIpc) is 2.03. The summed E-state index contributed by atoms with van der Waals surface area (Å²) in [5, 5.41) is 8.78. The maximum atomic E-state index is 12.8. The van der Waals surface area contributed by atoms with Gasteiger partial charge in [-0.1, -0.05) is 0 Å². The Morgan fingerprint density at radius 3 is 2.85 bits per heavy atom. The van der Waals surface area contributed by atoms with Crippen LogP contribution < -0.4 is 10.8 Å². The first kappa shape index (κ1) is 9.38. The van der Waals surface area contributed by atoms with E-state index < -0.39 is 0 Å². The standard InChI is InChI=1S/C9H10FN3/c1-7-4-8(10)6-9(5-7)13-12-3-2-11/h2-6,11,13H,1H3/p+1/b11-2?,12-3-. The number of anilines is 1. The normalized spacial score (nSPS) is 10.3. The molecule has 0 aliphatic heterocycles. The third kappa shape index (κ3) is 3.02. The van der Waals surface area contributed by atoms with Crippen LogP contribution in [0.15, 0.2) is 23.3 Å². The molecule has 4 heteroatoms. The van der Waals surface area contributed by atoms with Gasteiger partial charge in [-0.15, -0.1) is 0 Å². The number of aryl methyl sites for hydroxylation is 1. The van der Waals surface area contributed by atoms with Crippen molar-refractivity contribution in [2.45, 2.75) is 6.92 Å². The summed E-state index contributed by atoms with van der Waals surface area (Å²) in [6, 6.07) is 4.60. The molecule has 0 heterocycles. The fourth-order valence-electron chi connectivity index (χ4n) is 0.956. The molecule has 0 bridgehead atoms. The van der Waals surface area contributed by atoms with E-state index in [0.717, 1.165) is 5.56 Å². The fraction of sp³-hybridized carbons (Fsp3) is 0.111. The Morgan fingerprint density at radius 2 is 2.23 bits per heavy atom. The van der Waals surface area contributed by atoms with E-state index >= 15 is 0 Å². The lowest BCUT2D eigenvalue weighted by Gasteiger charge is -2.00. The Balaban J connectivity index is 2.77. The summed E-state index contributed by atoms with van der Waals surface area (Å²) in [5.74, 6) is -0.283. The van der Waals surface area contributed by atoms with Gasteiger partial charge in [-0.25, -0.2) is 4.39 Å². The maximum absolute atomic E-state index is 12.8. The van der Waals surface area contributed by atoms with Crippen molar-refractivity contribution in [2.75, 3.05) is 5.43 Å². The number of nitrogens with one attached hydrogen (secondary N) is 1. The molecule has 0 spiro atoms. The first-order valence-corrected chi connectivity index (χ1v) is 3.82. The highest BCUT2D eigenvalue weighted by Crippen LogP contribution is 2.12. The van der Waals surface area contributed by atoms with E-state index in [2.05, 4.69) is 10.5 Å². The average molecular weight is 180 g/mol. The first-order valence-electron chi connectivity index (χ1n) is 3.82. The van der Waals surface area contributed by atoms with Gasteiger partial charge in [-0.05, 0) is 30.7 Å². The predicted molar refractivity (Wildman–Crippen MR) is 51.2 cm³/mol. The lowest BCUT2D eigenvalue weighted by molar-refractivity contribution is -0.102. The van der Waals surface area contributed by atoms with Crippen LogP contribution in [0.1, 0.15) is 5.56 Å². The molecule has 0 radical (unpaired) electrons. The van der Waals surface area contributed by atoms with Crippen LogP contribution in [0, 0.1) is 12.7 Å². The van der Waals surface area contributed by atoms with Gasteiger partial charge in [0.2, 0.25) is 0 Å². The molecule has 0 aliphatic carbocycles. The van der Waals surface area contributed by atoms with Gasteiger partial charge in [0, 0.05) is 0 Å². The molecule has 0 unspecified atom stereocenters. The quantitative estimate of drug-likeness (QED) is 0.512. The van der Waals surface area contributed by atoms with Crippen LogP contribution in [0.3, 0.4) is 0 Å². The highest BCUT2D eigenvalue weighted by molar-refractivity contribution is 6.13. The minimum Gasteiger partial charge on any atom is -0.278 e. The van der Waals surface area contributed by atoms with Crippen LogP contribution >= 0.6 is 0 Å². The number of nitrogens with zero attached hydrogens (tertiary/aromatic N) is 1. The number of hydrazone groups is 1. The molecular formula is C9H11FN3+. The number of halogens is 1. The Hall–Kier alpha value is -1.71. The molecule has 3 nitrogen and oxygen atoms in total. The monoisotopic (exact) mass is 180 g/mol. The second-order valence-corrected chi connectivity index (χ2v) is 2.60. The summed E-state index contributed by atoms with van der Waals surface area (Å²) in [4.78, 5) is 0. The number of nitrogens with two attached hydrogens (primary N) is 1. The Kier molecular flexibility index (Phi) is 3.14. The number of hydrogen-bond donors (Lipinski definition) is 2. The van der Waals surface area contributed by atoms with E-state index in [1.165, 1.54) is 24.6 Å². The molecule has 3 N–H and O–H groups in total. The lowest BCUT2D eigenvalue weighted by atomic mass is 10.2. The molecular weight excluding hydrogens is 169 g/mol. The molecule has 1 aromatic carbocycles. The highest BCUT2D eigenvalue weighted by Gasteiger charge is 1.95. The minimum absolute atomic E-state index is 0.283. The zero-order valence-corrected chi connectivity index (χ0v) is 7.29. The van der Waals surface area contributed by atoms with Crippen molar-refractivity contribution in [3.63, 3.8) is 0 Å². The molecule has 1 aromatic rings. The van der Waals surface area contributed by atoms with Gasteiger partial charge in [0.05, 0.1) is 5.69 Å². The fourth-order valence-corrected chi connectivity index (χ4v) is 0.956. The Morgan fingerprint density at radius 1 is 1.46 bits per heavy atom. The third-order valence-electron chi connectivity index (χ3n) is 1.40. The highest BCUT2D eigenvalue weighted by atomic mass is 19.1. The topological polar surface area (TPSA) is 50.0 Å². The molecule has 0 aliphatic rings. The smallest absolute Gasteiger partial charge is 0.180 e. The van der Waals surface area contributed by atoms with Crippen LogP contribution in [0.2, 0.25) is 0 Å². The van der Waals surface area contributed by atoms with Crippen molar-refractivity contribution >= 4 is 18.1 Å². The van der Waals surface area contributed by atoms with E-state index in [4.69, 9.17) is 5.41 Å². The lowest BCUT2D eigenvalue weighted by Crippen LogP contribution is -2.30. The summed E-state index contributed by atoms with van der Waals surface area (Å²) >= 11 is 0. The summed E-state index contributed by atoms with van der Waals surface area (Å²) in [7, 11) is 0. The van der Waals surface area contributed by atoms with Crippen molar-refractivity contribution in [1.82, 2.24) is 0 Å². The van der Waals surface area contributed by atoms with Gasteiger partial charge in [0.1, 0.15) is 12.0 Å². The van der Waals surface area contributed by atoms with Gasteiger partial charge in [0.25, 0.3) is 0 Å². The van der Waals surface area contributed by atoms with E-state index in [9.17, 15) is 4.39 Å². The maximum Gasteiger partial charge on any atom is 0.180 e. The summed E-state index contributed by atoms with van der Waals surface area (Å²) in [6.07, 6.45) is 2.68. The molecule has 0 amide bonds. The van der Waals surface area contributed by atoms with E-state index in [1.54, 1.807) is 6.07 Å². The van der Waals surface area contributed by atoms with E-state index in [1.807, 2.05) is 6.92 Å². The zero-order chi connectivity index (χ0) is 9.68. The van der Waals surface area contributed by atoms with Crippen LogP contribution in [0.4, 0.5) is 10.1 Å². The molecule has 0 saturated carbocycles. The zero-order valence-electron chi connectivity index (χ0n) is 7.29. The Bertz CT molecular complexity index is 313. The van der Waals surface area contributed by atoms with Crippen molar-refractivity contribution in [2.24, 2.45) is 5.10 Å².